The topological polar surface area (TPSA) is 108 Å². The van der Waals surface area contributed by atoms with Crippen molar-refractivity contribution in [1.82, 2.24) is 4.72 Å². The summed E-state index contributed by atoms with van der Waals surface area (Å²) in [7, 11) is -4.27. The fourth-order valence-corrected chi connectivity index (χ4v) is 3.50. The molecule has 0 spiro atoms. The minimum absolute atomic E-state index is 0.0525. The highest BCUT2D eigenvalue weighted by Gasteiger charge is 2.36. The molecule has 0 radical (unpaired) electrons. The molecule has 0 bridgehead atoms. The number of amides is 1. The number of primary amides is 1. The third-order valence-corrected chi connectivity index (χ3v) is 5.17. The maximum absolute atomic E-state index is 13.1. The summed E-state index contributed by atoms with van der Waals surface area (Å²) in [4.78, 5) is 10.5. The van der Waals surface area contributed by atoms with Crippen LogP contribution in [0.5, 0.6) is 11.5 Å². The summed E-state index contributed by atoms with van der Waals surface area (Å²) in [5.41, 5.74) is 3.22. The first-order valence-corrected chi connectivity index (χ1v) is 8.95. The second kappa shape index (κ2) is 6.74. The Morgan fingerprint density at radius 3 is 2.48 bits per heavy atom. The summed E-state index contributed by atoms with van der Waals surface area (Å²) in [6.45, 7) is -0.130. The van der Waals surface area contributed by atoms with E-state index in [1.54, 1.807) is 18.2 Å². The lowest BCUT2D eigenvalue weighted by Crippen LogP contribution is -2.25. The van der Waals surface area contributed by atoms with Crippen LogP contribution in [0.3, 0.4) is 0 Å². The van der Waals surface area contributed by atoms with Gasteiger partial charge in [0.15, 0.2) is 11.5 Å². The van der Waals surface area contributed by atoms with E-state index in [9.17, 15) is 26.4 Å². The molecule has 11 heteroatoms. The fourth-order valence-electron chi connectivity index (χ4n) is 2.45. The van der Waals surface area contributed by atoms with Crippen molar-refractivity contribution in [3.8, 4) is 11.5 Å². The van der Waals surface area contributed by atoms with Crippen molar-refractivity contribution < 1.29 is 35.9 Å². The molecule has 7 nitrogen and oxygen atoms in total. The van der Waals surface area contributed by atoms with Crippen LogP contribution in [0.15, 0.2) is 41.3 Å². The first-order chi connectivity index (χ1) is 12.6. The van der Waals surface area contributed by atoms with E-state index in [2.05, 4.69) is 4.72 Å². The number of ether oxygens (including phenoxy) is 2. The van der Waals surface area contributed by atoms with Crippen LogP contribution >= 0.6 is 0 Å². The third kappa shape index (κ3) is 3.98. The molecular formula is C16H13F3N2O5S. The molecule has 1 aliphatic rings. The van der Waals surface area contributed by atoms with Crippen molar-refractivity contribution in [3.63, 3.8) is 0 Å². The summed E-state index contributed by atoms with van der Waals surface area (Å²) >= 11 is 0. The highest BCUT2D eigenvalue weighted by molar-refractivity contribution is 7.89. The molecule has 2 aromatic carbocycles. The van der Waals surface area contributed by atoms with E-state index in [-0.39, 0.29) is 13.3 Å². The lowest BCUT2D eigenvalue weighted by Gasteiger charge is -2.13. The predicted octanol–water partition coefficient (Wildman–Crippen LogP) is 2.01. The first kappa shape index (κ1) is 19.0. The second-order valence-electron chi connectivity index (χ2n) is 5.58. The Bertz CT molecular complexity index is 1010. The molecule has 0 saturated heterocycles. The van der Waals surface area contributed by atoms with Gasteiger partial charge >= 0.3 is 6.18 Å². The lowest BCUT2D eigenvalue weighted by molar-refractivity contribution is -0.138. The number of nitrogens with one attached hydrogen (secondary N) is 1. The number of halogens is 3. The first-order valence-electron chi connectivity index (χ1n) is 7.47. The molecule has 0 saturated carbocycles. The van der Waals surface area contributed by atoms with Gasteiger partial charge in [-0.25, -0.2) is 13.1 Å². The molecule has 0 aliphatic carbocycles. The van der Waals surface area contributed by atoms with Gasteiger partial charge in [-0.2, -0.15) is 13.2 Å². The highest BCUT2D eigenvalue weighted by atomic mass is 32.2. The SMILES string of the molecule is NC(=O)c1ccc(S(=O)(=O)NCc2ccc3c(c2)OCO3)cc1C(F)(F)F. The standard InChI is InChI=1S/C16H13F3N2O5S/c17-16(18,19)12-6-10(2-3-11(12)15(20)22)27(23,24)21-7-9-1-4-13-14(5-9)26-8-25-13/h1-6,21H,7-8H2,(H2,20,22). The average molecular weight is 402 g/mol. The van der Waals surface area contributed by atoms with Crippen LogP contribution in [-0.2, 0) is 22.7 Å². The molecule has 1 aliphatic heterocycles. The van der Waals surface area contributed by atoms with Gasteiger partial charge in [-0.1, -0.05) is 6.07 Å². The van der Waals surface area contributed by atoms with Crippen LogP contribution in [0.4, 0.5) is 13.2 Å². The van der Waals surface area contributed by atoms with Gasteiger partial charge in [0, 0.05) is 6.54 Å². The van der Waals surface area contributed by atoms with E-state index in [0.29, 0.717) is 23.1 Å². The molecule has 0 aromatic heterocycles. The number of carbonyl (C=O) groups is 1. The Hall–Kier alpha value is -2.79. The number of rotatable bonds is 5. The minimum Gasteiger partial charge on any atom is -0.454 e. The zero-order chi connectivity index (χ0) is 19.8. The second-order valence-corrected chi connectivity index (χ2v) is 7.35. The Kier molecular flexibility index (Phi) is 4.74. The zero-order valence-corrected chi connectivity index (χ0v) is 14.4. The Labute approximate surface area is 151 Å². The number of carbonyl (C=O) groups excluding carboxylic acids is 1. The summed E-state index contributed by atoms with van der Waals surface area (Å²) < 4.78 is 76.5. The van der Waals surface area contributed by atoms with Crippen LogP contribution in [0.1, 0.15) is 21.5 Å². The zero-order valence-electron chi connectivity index (χ0n) is 13.5. The predicted molar refractivity (Wildman–Crippen MR) is 86.6 cm³/mol. The number of hydrogen-bond acceptors (Lipinski definition) is 5. The Morgan fingerprint density at radius 2 is 1.81 bits per heavy atom. The summed E-state index contributed by atoms with van der Waals surface area (Å²) in [5.74, 6) is -0.352. The van der Waals surface area contributed by atoms with E-state index in [0.717, 1.165) is 12.1 Å². The molecule has 27 heavy (non-hydrogen) atoms. The number of nitrogens with two attached hydrogens (primary N) is 1. The molecule has 2 aromatic rings. The van der Waals surface area contributed by atoms with Gasteiger partial charge < -0.3 is 15.2 Å². The number of sulfonamides is 1. The van der Waals surface area contributed by atoms with Crippen molar-refractivity contribution in [2.24, 2.45) is 5.73 Å². The van der Waals surface area contributed by atoms with Gasteiger partial charge in [-0.05, 0) is 35.9 Å². The largest absolute Gasteiger partial charge is 0.454 e. The van der Waals surface area contributed by atoms with Crippen molar-refractivity contribution in [2.45, 2.75) is 17.6 Å². The van der Waals surface area contributed by atoms with Crippen LogP contribution in [0.2, 0.25) is 0 Å². The van der Waals surface area contributed by atoms with E-state index in [4.69, 9.17) is 15.2 Å². The molecule has 1 heterocycles. The number of benzene rings is 2. The number of alkyl halides is 3. The van der Waals surface area contributed by atoms with Crippen LogP contribution < -0.4 is 19.9 Å². The normalized spacial score (nSPS) is 13.6. The minimum atomic E-state index is -4.94. The summed E-state index contributed by atoms with van der Waals surface area (Å²) in [5, 5.41) is 0. The monoisotopic (exact) mass is 402 g/mol. The maximum atomic E-state index is 13.1. The lowest BCUT2D eigenvalue weighted by atomic mass is 10.1. The third-order valence-electron chi connectivity index (χ3n) is 3.78. The molecule has 1 amide bonds. The van der Waals surface area contributed by atoms with Crippen LogP contribution in [-0.4, -0.2) is 21.1 Å². The van der Waals surface area contributed by atoms with Gasteiger partial charge in [0.05, 0.1) is 16.0 Å². The Balaban J connectivity index is 1.85. The number of fused-ring (bicyclic) bond motifs is 1. The van der Waals surface area contributed by atoms with Crippen molar-refractivity contribution in [2.75, 3.05) is 6.79 Å². The van der Waals surface area contributed by atoms with Crippen molar-refractivity contribution in [1.29, 1.82) is 0 Å². The van der Waals surface area contributed by atoms with Gasteiger partial charge in [-0.3, -0.25) is 4.79 Å². The van der Waals surface area contributed by atoms with Gasteiger partial charge in [0.25, 0.3) is 0 Å². The van der Waals surface area contributed by atoms with E-state index >= 15 is 0 Å². The Morgan fingerprint density at radius 1 is 1.11 bits per heavy atom. The average Bonchev–Trinajstić information content (AvgIpc) is 3.06. The molecular weight excluding hydrogens is 389 g/mol. The highest BCUT2D eigenvalue weighted by Crippen LogP contribution is 2.34. The molecule has 3 N–H and O–H groups in total. The van der Waals surface area contributed by atoms with Gasteiger partial charge in [0.2, 0.25) is 22.7 Å². The van der Waals surface area contributed by atoms with Gasteiger partial charge in [0.1, 0.15) is 0 Å². The quantitative estimate of drug-likeness (QED) is 0.796. The molecule has 0 atom stereocenters. The number of hydrogen-bond donors (Lipinski definition) is 2. The molecule has 0 fully saturated rings. The van der Waals surface area contributed by atoms with Crippen LogP contribution in [0, 0.1) is 0 Å². The van der Waals surface area contributed by atoms with E-state index < -0.39 is 38.1 Å². The van der Waals surface area contributed by atoms with Gasteiger partial charge in [-0.15, -0.1) is 0 Å². The van der Waals surface area contributed by atoms with Crippen LogP contribution in [0.25, 0.3) is 0 Å². The maximum Gasteiger partial charge on any atom is 0.417 e. The molecule has 144 valence electrons. The summed E-state index contributed by atoms with van der Waals surface area (Å²) in [6, 6.07) is 6.74. The fraction of sp³-hybridized carbons (Fsp3) is 0.188. The molecule has 3 rings (SSSR count). The van der Waals surface area contributed by atoms with E-state index in [1.165, 1.54) is 0 Å². The van der Waals surface area contributed by atoms with E-state index in [1.807, 2.05) is 0 Å². The summed E-state index contributed by atoms with van der Waals surface area (Å²) in [6.07, 6.45) is -4.94. The van der Waals surface area contributed by atoms with Crippen molar-refractivity contribution >= 4 is 15.9 Å². The smallest absolute Gasteiger partial charge is 0.417 e. The van der Waals surface area contributed by atoms with Crippen molar-refractivity contribution in [3.05, 3.63) is 53.1 Å². The molecule has 0 unspecified atom stereocenters.